The van der Waals surface area contributed by atoms with Gasteiger partial charge in [-0.1, -0.05) is 30.3 Å². The molecule has 156 valence electrons. The number of nitrogens with zero attached hydrogens (tertiary/aromatic N) is 6. The Kier molecular flexibility index (Phi) is 5.23. The molecule has 2 saturated heterocycles. The number of hydrogen-bond acceptors (Lipinski definition) is 5. The second-order valence-corrected chi connectivity index (χ2v) is 8.51. The van der Waals surface area contributed by atoms with Crippen LogP contribution in [0.4, 0.5) is 0 Å². The third kappa shape index (κ3) is 3.82. The van der Waals surface area contributed by atoms with E-state index in [1.54, 1.807) is 0 Å². The molecule has 0 N–H and O–H groups in total. The number of aromatic nitrogens is 3. The van der Waals surface area contributed by atoms with E-state index in [2.05, 4.69) is 57.4 Å². The second kappa shape index (κ2) is 8.16. The molecular formula is C23H28N6O. The molecule has 7 nitrogen and oxygen atoms in total. The molecule has 2 aromatic heterocycles. The predicted octanol–water partition coefficient (Wildman–Crippen LogP) is 2.11. The third-order valence-electron chi connectivity index (χ3n) is 6.35. The first kappa shape index (κ1) is 19.2. The summed E-state index contributed by atoms with van der Waals surface area (Å²) in [7, 11) is 2.10. The number of rotatable bonds is 4. The van der Waals surface area contributed by atoms with Crippen molar-refractivity contribution in [2.45, 2.75) is 18.9 Å². The van der Waals surface area contributed by atoms with Crippen LogP contribution in [0.2, 0.25) is 0 Å². The number of piperazine rings is 1. The van der Waals surface area contributed by atoms with Gasteiger partial charge in [-0.25, -0.2) is 0 Å². The lowest BCUT2D eigenvalue weighted by atomic mass is 10.1. The highest BCUT2D eigenvalue weighted by molar-refractivity contribution is 5.94. The molecule has 5 rings (SSSR count). The maximum Gasteiger partial charge on any atom is 0.255 e. The van der Waals surface area contributed by atoms with Crippen molar-refractivity contribution in [3.63, 3.8) is 0 Å². The Balaban J connectivity index is 1.33. The van der Waals surface area contributed by atoms with Crippen molar-refractivity contribution in [3.8, 4) is 0 Å². The summed E-state index contributed by atoms with van der Waals surface area (Å²) in [5.74, 6) is 1.40. The van der Waals surface area contributed by atoms with Crippen LogP contribution in [-0.4, -0.2) is 81.5 Å². The van der Waals surface area contributed by atoms with Crippen molar-refractivity contribution in [1.82, 2.24) is 29.3 Å². The molecular weight excluding hydrogens is 376 g/mol. The van der Waals surface area contributed by atoms with Gasteiger partial charge in [0.05, 0.1) is 5.56 Å². The molecule has 0 saturated carbocycles. The average molecular weight is 405 g/mol. The summed E-state index contributed by atoms with van der Waals surface area (Å²) < 4.78 is 2.03. The Morgan fingerprint density at radius 1 is 1.00 bits per heavy atom. The quantitative estimate of drug-likeness (QED) is 0.667. The largest absolute Gasteiger partial charge is 0.336 e. The normalized spacial score (nSPS) is 20.8. The number of hydrogen-bond donors (Lipinski definition) is 0. The Hall–Kier alpha value is -2.77. The monoisotopic (exact) mass is 404 g/mol. The van der Waals surface area contributed by atoms with E-state index in [-0.39, 0.29) is 5.91 Å². The fraction of sp³-hybridized carbons (Fsp3) is 0.435. The van der Waals surface area contributed by atoms with Gasteiger partial charge in [0.2, 0.25) is 0 Å². The van der Waals surface area contributed by atoms with Gasteiger partial charge in [0.25, 0.3) is 5.91 Å². The van der Waals surface area contributed by atoms with E-state index < -0.39 is 0 Å². The summed E-state index contributed by atoms with van der Waals surface area (Å²) in [6, 6.07) is 14.4. The molecule has 30 heavy (non-hydrogen) atoms. The minimum atomic E-state index is 0.0989. The zero-order chi connectivity index (χ0) is 20.5. The minimum Gasteiger partial charge on any atom is -0.336 e. The van der Waals surface area contributed by atoms with Crippen LogP contribution >= 0.6 is 0 Å². The van der Waals surface area contributed by atoms with Gasteiger partial charge < -0.3 is 9.80 Å². The van der Waals surface area contributed by atoms with Crippen LogP contribution in [0.5, 0.6) is 0 Å². The summed E-state index contributed by atoms with van der Waals surface area (Å²) in [5, 5.41) is 8.85. The predicted molar refractivity (Wildman–Crippen MR) is 115 cm³/mol. The fourth-order valence-corrected chi connectivity index (χ4v) is 4.53. The highest BCUT2D eigenvalue weighted by atomic mass is 16.2. The van der Waals surface area contributed by atoms with Crippen LogP contribution in [-0.2, 0) is 6.54 Å². The van der Waals surface area contributed by atoms with Crippen molar-refractivity contribution in [2.24, 2.45) is 0 Å². The number of likely N-dealkylation sites (tertiary alicyclic amines) is 1. The molecule has 2 fully saturated rings. The van der Waals surface area contributed by atoms with Crippen molar-refractivity contribution < 1.29 is 4.79 Å². The van der Waals surface area contributed by atoms with E-state index >= 15 is 0 Å². The van der Waals surface area contributed by atoms with Gasteiger partial charge in [-0.3, -0.25) is 14.1 Å². The zero-order valence-electron chi connectivity index (χ0n) is 17.4. The summed E-state index contributed by atoms with van der Waals surface area (Å²) in [6.45, 7) is 6.37. The summed E-state index contributed by atoms with van der Waals surface area (Å²) in [5.41, 5.74) is 2.86. The fourth-order valence-electron chi connectivity index (χ4n) is 4.53. The van der Waals surface area contributed by atoms with E-state index in [4.69, 9.17) is 0 Å². The number of benzene rings is 1. The highest BCUT2D eigenvalue weighted by Crippen LogP contribution is 2.27. The molecule has 2 aliphatic rings. The summed E-state index contributed by atoms with van der Waals surface area (Å²) in [6.07, 6.45) is 3.00. The molecule has 1 aromatic carbocycles. The molecule has 3 aromatic rings. The van der Waals surface area contributed by atoms with E-state index in [1.807, 2.05) is 27.6 Å². The van der Waals surface area contributed by atoms with Crippen molar-refractivity contribution in [3.05, 3.63) is 65.6 Å². The van der Waals surface area contributed by atoms with Crippen LogP contribution in [0.3, 0.4) is 0 Å². The van der Waals surface area contributed by atoms with Crippen molar-refractivity contribution in [1.29, 1.82) is 0 Å². The molecule has 0 radical (unpaired) electrons. The smallest absolute Gasteiger partial charge is 0.255 e. The molecule has 1 unspecified atom stereocenters. The van der Waals surface area contributed by atoms with Gasteiger partial charge in [-0.05, 0) is 37.7 Å². The number of fused-ring (bicyclic) bond motifs is 1. The Morgan fingerprint density at radius 2 is 1.80 bits per heavy atom. The van der Waals surface area contributed by atoms with E-state index in [0.717, 1.165) is 63.7 Å². The lowest BCUT2D eigenvalue weighted by Gasteiger charge is -2.32. The molecule has 1 atom stereocenters. The Morgan fingerprint density at radius 3 is 2.60 bits per heavy atom. The van der Waals surface area contributed by atoms with Gasteiger partial charge in [0.1, 0.15) is 5.82 Å². The first-order valence-corrected chi connectivity index (χ1v) is 10.8. The van der Waals surface area contributed by atoms with Crippen molar-refractivity contribution in [2.75, 3.05) is 46.3 Å². The van der Waals surface area contributed by atoms with Gasteiger partial charge in [-0.15, -0.1) is 10.2 Å². The van der Waals surface area contributed by atoms with Crippen LogP contribution in [0, 0.1) is 0 Å². The molecule has 1 amide bonds. The molecule has 4 heterocycles. The first-order chi connectivity index (χ1) is 14.7. The van der Waals surface area contributed by atoms with Gasteiger partial charge in [-0.2, -0.15) is 0 Å². The lowest BCUT2D eigenvalue weighted by molar-refractivity contribution is 0.0663. The SMILES string of the molecule is CN1CCN(C(=O)c2ccc3nnc(C4CCN(Cc5ccccc5)C4)n3c2)CC1. The number of carbonyl (C=O) groups is 1. The first-order valence-electron chi connectivity index (χ1n) is 10.8. The number of carbonyl (C=O) groups excluding carboxylic acids is 1. The van der Waals surface area contributed by atoms with E-state index in [1.165, 1.54) is 5.56 Å². The molecule has 2 aliphatic heterocycles. The second-order valence-electron chi connectivity index (χ2n) is 8.51. The average Bonchev–Trinajstić information content (AvgIpc) is 3.40. The van der Waals surface area contributed by atoms with Crippen LogP contribution in [0.1, 0.15) is 34.1 Å². The van der Waals surface area contributed by atoms with Gasteiger partial charge >= 0.3 is 0 Å². The summed E-state index contributed by atoms with van der Waals surface area (Å²) >= 11 is 0. The molecule has 0 spiro atoms. The van der Waals surface area contributed by atoms with Crippen molar-refractivity contribution >= 4 is 11.6 Å². The minimum absolute atomic E-state index is 0.0989. The highest BCUT2D eigenvalue weighted by Gasteiger charge is 2.28. The Labute approximate surface area is 176 Å². The Bertz CT molecular complexity index is 1020. The maximum atomic E-state index is 13.0. The number of likely N-dealkylation sites (N-methyl/N-ethyl adjacent to an activating group) is 1. The molecule has 7 heteroatoms. The molecule has 0 bridgehead atoms. The van der Waals surface area contributed by atoms with Crippen LogP contribution in [0.15, 0.2) is 48.7 Å². The summed E-state index contributed by atoms with van der Waals surface area (Å²) in [4.78, 5) is 19.7. The lowest BCUT2D eigenvalue weighted by Crippen LogP contribution is -2.47. The van der Waals surface area contributed by atoms with Crippen LogP contribution in [0.25, 0.3) is 5.65 Å². The van der Waals surface area contributed by atoms with E-state index in [9.17, 15) is 4.79 Å². The van der Waals surface area contributed by atoms with Gasteiger partial charge in [0, 0.05) is 51.4 Å². The third-order valence-corrected chi connectivity index (χ3v) is 6.35. The maximum absolute atomic E-state index is 13.0. The standard InChI is InChI=1S/C23H28N6O/c1-26-11-13-28(14-12-26)23(30)20-7-8-21-24-25-22(29(21)17-20)19-9-10-27(16-19)15-18-5-3-2-4-6-18/h2-8,17,19H,9-16H2,1H3. The van der Waals surface area contributed by atoms with Crippen LogP contribution < -0.4 is 0 Å². The zero-order valence-corrected chi connectivity index (χ0v) is 17.4. The number of pyridine rings is 1. The molecule has 0 aliphatic carbocycles. The topological polar surface area (TPSA) is 57.0 Å². The van der Waals surface area contributed by atoms with E-state index in [0.29, 0.717) is 11.5 Å². The number of amides is 1. The van der Waals surface area contributed by atoms with Gasteiger partial charge in [0.15, 0.2) is 5.65 Å².